The van der Waals surface area contributed by atoms with Gasteiger partial charge in [0.25, 0.3) is 0 Å². The van der Waals surface area contributed by atoms with E-state index in [0.29, 0.717) is 5.92 Å². The number of hydrogen-bond acceptors (Lipinski definition) is 2. The van der Waals surface area contributed by atoms with Crippen molar-refractivity contribution >= 4 is 5.71 Å². The lowest BCUT2D eigenvalue weighted by atomic mass is 10.1. The van der Waals surface area contributed by atoms with Crippen molar-refractivity contribution in [2.75, 3.05) is 14.1 Å². The van der Waals surface area contributed by atoms with Gasteiger partial charge in [0, 0.05) is 19.8 Å². The Hall–Kier alpha value is -0.530. The fourth-order valence-corrected chi connectivity index (χ4v) is 0.851. The molecule has 0 rings (SSSR count). The zero-order valence-corrected chi connectivity index (χ0v) is 7.68. The predicted octanol–water partition coefficient (Wildman–Crippen LogP) is 1.97. The molecule has 0 aliphatic carbocycles. The first kappa shape index (κ1) is 9.47. The topological polar surface area (TPSA) is 15.6 Å². The summed E-state index contributed by atoms with van der Waals surface area (Å²) >= 11 is 0. The molecule has 0 atom stereocenters. The zero-order valence-electron chi connectivity index (χ0n) is 7.68. The maximum atomic E-state index is 4.34. The highest BCUT2D eigenvalue weighted by molar-refractivity contribution is 5.85. The van der Waals surface area contributed by atoms with Gasteiger partial charge in [0.05, 0.1) is 0 Å². The standard InChI is InChI=1S/C8H18N2/c1-6-8(7(2)3)9-10(4)5/h7H,6H2,1-5H3/b9-8-. The Balaban J connectivity index is 4.04. The van der Waals surface area contributed by atoms with Gasteiger partial charge in [0.15, 0.2) is 0 Å². The van der Waals surface area contributed by atoms with Gasteiger partial charge in [-0.05, 0) is 12.3 Å². The summed E-state index contributed by atoms with van der Waals surface area (Å²) in [7, 11) is 3.91. The molecule has 60 valence electrons. The summed E-state index contributed by atoms with van der Waals surface area (Å²) in [6.45, 7) is 6.49. The summed E-state index contributed by atoms with van der Waals surface area (Å²) in [5.41, 5.74) is 1.27. The summed E-state index contributed by atoms with van der Waals surface area (Å²) in [4.78, 5) is 0. The van der Waals surface area contributed by atoms with Gasteiger partial charge in [0.1, 0.15) is 0 Å². The van der Waals surface area contributed by atoms with E-state index in [2.05, 4.69) is 25.9 Å². The third kappa shape index (κ3) is 3.49. The lowest BCUT2D eigenvalue weighted by molar-refractivity contribution is 0.432. The highest BCUT2D eigenvalue weighted by atomic mass is 15.4. The lowest BCUT2D eigenvalue weighted by Crippen LogP contribution is -2.12. The smallest absolute Gasteiger partial charge is 0.0403 e. The number of hydrogen-bond donors (Lipinski definition) is 0. The molecule has 0 aromatic heterocycles. The van der Waals surface area contributed by atoms with Gasteiger partial charge in [-0.1, -0.05) is 20.8 Å². The monoisotopic (exact) mass is 142 g/mol. The molecule has 10 heavy (non-hydrogen) atoms. The van der Waals surface area contributed by atoms with Gasteiger partial charge in [-0.3, -0.25) is 0 Å². The fourth-order valence-electron chi connectivity index (χ4n) is 0.851. The van der Waals surface area contributed by atoms with Crippen molar-refractivity contribution in [3.63, 3.8) is 0 Å². The van der Waals surface area contributed by atoms with Crippen molar-refractivity contribution in [3.05, 3.63) is 0 Å². The third-order valence-corrected chi connectivity index (χ3v) is 1.36. The quantitative estimate of drug-likeness (QED) is 0.434. The molecular weight excluding hydrogens is 124 g/mol. The van der Waals surface area contributed by atoms with Crippen LogP contribution in [-0.4, -0.2) is 24.8 Å². The van der Waals surface area contributed by atoms with E-state index in [9.17, 15) is 0 Å². The Morgan fingerprint density at radius 2 is 1.90 bits per heavy atom. The molecule has 0 aliphatic rings. The molecule has 0 saturated carbocycles. The molecule has 0 heterocycles. The fraction of sp³-hybridized carbons (Fsp3) is 0.875. The molecule has 0 aromatic carbocycles. The molecule has 0 amide bonds. The van der Waals surface area contributed by atoms with Crippen LogP contribution in [0.5, 0.6) is 0 Å². The molecule has 0 N–H and O–H groups in total. The van der Waals surface area contributed by atoms with Crippen LogP contribution in [0.15, 0.2) is 5.10 Å². The first-order valence-electron chi connectivity index (χ1n) is 3.82. The van der Waals surface area contributed by atoms with Crippen LogP contribution in [0, 0.1) is 5.92 Å². The van der Waals surface area contributed by atoms with Crippen LogP contribution >= 0.6 is 0 Å². The van der Waals surface area contributed by atoms with Gasteiger partial charge >= 0.3 is 0 Å². The normalized spacial score (nSPS) is 12.4. The summed E-state index contributed by atoms with van der Waals surface area (Å²) in [5.74, 6) is 0.576. The summed E-state index contributed by atoms with van der Waals surface area (Å²) in [6.07, 6.45) is 1.05. The maximum Gasteiger partial charge on any atom is 0.0403 e. The molecule has 2 nitrogen and oxygen atoms in total. The van der Waals surface area contributed by atoms with Crippen molar-refractivity contribution in [2.24, 2.45) is 11.0 Å². The van der Waals surface area contributed by atoms with Crippen LogP contribution < -0.4 is 0 Å². The van der Waals surface area contributed by atoms with Crippen molar-refractivity contribution in [1.82, 2.24) is 5.01 Å². The van der Waals surface area contributed by atoms with E-state index in [1.807, 2.05) is 19.1 Å². The summed E-state index contributed by atoms with van der Waals surface area (Å²) in [6, 6.07) is 0. The van der Waals surface area contributed by atoms with E-state index in [1.165, 1.54) is 5.71 Å². The van der Waals surface area contributed by atoms with Gasteiger partial charge in [-0.25, -0.2) is 0 Å². The van der Waals surface area contributed by atoms with Crippen molar-refractivity contribution in [3.8, 4) is 0 Å². The van der Waals surface area contributed by atoms with Crippen LogP contribution in [0.2, 0.25) is 0 Å². The van der Waals surface area contributed by atoms with E-state index < -0.39 is 0 Å². The van der Waals surface area contributed by atoms with E-state index >= 15 is 0 Å². The summed E-state index contributed by atoms with van der Waals surface area (Å²) < 4.78 is 0. The van der Waals surface area contributed by atoms with E-state index in [1.54, 1.807) is 0 Å². The highest BCUT2D eigenvalue weighted by Gasteiger charge is 2.01. The largest absolute Gasteiger partial charge is 0.303 e. The average Bonchev–Trinajstić information content (AvgIpc) is 1.81. The van der Waals surface area contributed by atoms with Gasteiger partial charge < -0.3 is 5.01 Å². The maximum absolute atomic E-state index is 4.34. The second-order valence-corrected chi connectivity index (χ2v) is 2.95. The molecule has 2 heteroatoms. The van der Waals surface area contributed by atoms with Gasteiger partial charge in [0.2, 0.25) is 0 Å². The highest BCUT2D eigenvalue weighted by Crippen LogP contribution is 2.01. The molecule has 0 aliphatic heterocycles. The van der Waals surface area contributed by atoms with Crippen LogP contribution in [0.25, 0.3) is 0 Å². The molecular formula is C8H18N2. The minimum atomic E-state index is 0.576. The van der Waals surface area contributed by atoms with Crippen LogP contribution in [-0.2, 0) is 0 Å². The molecule has 0 bridgehead atoms. The van der Waals surface area contributed by atoms with Gasteiger partial charge in [-0.2, -0.15) is 5.10 Å². The number of rotatable bonds is 3. The first-order valence-corrected chi connectivity index (χ1v) is 3.82. The van der Waals surface area contributed by atoms with E-state index in [-0.39, 0.29) is 0 Å². The lowest BCUT2D eigenvalue weighted by Gasteiger charge is -2.11. The summed E-state index contributed by atoms with van der Waals surface area (Å²) in [5, 5.41) is 6.20. The molecule has 0 spiro atoms. The van der Waals surface area contributed by atoms with Crippen molar-refractivity contribution in [1.29, 1.82) is 0 Å². The Kier molecular flexibility index (Phi) is 4.08. The molecule has 0 radical (unpaired) electrons. The van der Waals surface area contributed by atoms with E-state index in [4.69, 9.17) is 0 Å². The van der Waals surface area contributed by atoms with Crippen LogP contribution in [0.3, 0.4) is 0 Å². The Labute approximate surface area is 63.9 Å². The number of hydrazone groups is 1. The van der Waals surface area contributed by atoms with Crippen LogP contribution in [0.4, 0.5) is 0 Å². The Morgan fingerprint density at radius 3 is 2.00 bits per heavy atom. The Bertz CT molecular complexity index is 114. The van der Waals surface area contributed by atoms with E-state index in [0.717, 1.165) is 6.42 Å². The van der Waals surface area contributed by atoms with Crippen molar-refractivity contribution < 1.29 is 0 Å². The zero-order chi connectivity index (χ0) is 8.15. The van der Waals surface area contributed by atoms with Crippen molar-refractivity contribution in [2.45, 2.75) is 27.2 Å². The van der Waals surface area contributed by atoms with Gasteiger partial charge in [-0.15, -0.1) is 0 Å². The molecule has 0 aromatic rings. The minimum absolute atomic E-state index is 0.576. The second kappa shape index (κ2) is 4.31. The molecule has 0 fully saturated rings. The van der Waals surface area contributed by atoms with Crippen LogP contribution in [0.1, 0.15) is 27.2 Å². The minimum Gasteiger partial charge on any atom is -0.303 e. The Morgan fingerprint density at radius 1 is 1.40 bits per heavy atom. The first-order chi connectivity index (χ1) is 4.57. The predicted molar refractivity (Wildman–Crippen MR) is 46.3 cm³/mol. The molecule has 0 saturated heterocycles. The molecule has 0 unspecified atom stereocenters. The third-order valence-electron chi connectivity index (χ3n) is 1.36. The SMILES string of the molecule is CC/C(=N/N(C)C)C(C)C. The average molecular weight is 142 g/mol. The number of nitrogens with zero attached hydrogens (tertiary/aromatic N) is 2. The second-order valence-electron chi connectivity index (χ2n) is 2.95.